The Hall–Kier alpha value is -2.20. The van der Waals surface area contributed by atoms with Crippen molar-refractivity contribution in [3.8, 4) is 0 Å². The maximum atomic E-state index is 12.8. The van der Waals surface area contributed by atoms with Gasteiger partial charge in [0.25, 0.3) is 5.69 Å². The summed E-state index contributed by atoms with van der Waals surface area (Å²) in [6.45, 7) is 0. The van der Waals surface area contributed by atoms with E-state index < -0.39 is 61.3 Å². The maximum Gasteiger partial charge on any atom is 0.307 e. The van der Waals surface area contributed by atoms with Crippen molar-refractivity contribution in [2.75, 3.05) is 0 Å². The molecular weight excluding hydrogens is 378 g/mol. The van der Waals surface area contributed by atoms with Crippen molar-refractivity contribution in [1.82, 2.24) is 0 Å². The molecule has 1 aliphatic carbocycles. The molecular formula is C14H14ClNO8S. The van der Waals surface area contributed by atoms with Crippen LogP contribution in [0.25, 0.3) is 0 Å². The van der Waals surface area contributed by atoms with E-state index in [2.05, 4.69) is 0 Å². The number of nitrogens with zero attached hydrogens (tertiary/aromatic N) is 1. The summed E-state index contributed by atoms with van der Waals surface area (Å²) in [7, 11) is -4.18. The molecule has 1 fully saturated rings. The van der Waals surface area contributed by atoms with Crippen LogP contribution >= 0.6 is 11.6 Å². The zero-order chi connectivity index (χ0) is 18.9. The highest BCUT2D eigenvalue weighted by atomic mass is 35.5. The van der Waals surface area contributed by atoms with Gasteiger partial charge in [0.1, 0.15) is 0 Å². The fourth-order valence-corrected chi connectivity index (χ4v) is 5.50. The largest absolute Gasteiger partial charge is 0.481 e. The minimum atomic E-state index is -4.18. The molecule has 0 aliphatic heterocycles. The second-order valence-corrected chi connectivity index (χ2v) is 8.44. The van der Waals surface area contributed by atoms with Crippen LogP contribution in [-0.4, -0.2) is 46.1 Å². The van der Waals surface area contributed by atoms with E-state index in [4.69, 9.17) is 16.7 Å². The third-order valence-corrected chi connectivity index (χ3v) is 7.11. The lowest BCUT2D eigenvalue weighted by molar-refractivity contribution is -0.385. The van der Waals surface area contributed by atoms with E-state index in [-0.39, 0.29) is 11.3 Å². The Bertz CT molecular complexity index is 824. The number of rotatable bonds is 5. The number of carboxylic acids is 2. The van der Waals surface area contributed by atoms with Gasteiger partial charge in [-0.05, 0) is 18.9 Å². The Morgan fingerprint density at radius 2 is 1.72 bits per heavy atom. The molecule has 1 aromatic rings. The Morgan fingerprint density at radius 3 is 2.24 bits per heavy atom. The molecule has 0 spiro atoms. The third kappa shape index (κ3) is 3.74. The third-order valence-electron chi connectivity index (χ3n) is 4.24. The van der Waals surface area contributed by atoms with Crippen LogP contribution in [0.1, 0.15) is 12.8 Å². The van der Waals surface area contributed by atoms with Gasteiger partial charge in [0.2, 0.25) is 0 Å². The first kappa shape index (κ1) is 19.1. The number of hydrogen-bond acceptors (Lipinski definition) is 6. The number of aliphatic carboxylic acids is 2. The van der Waals surface area contributed by atoms with Gasteiger partial charge in [-0.2, -0.15) is 0 Å². The summed E-state index contributed by atoms with van der Waals surface area (Å²) in [5.41, 5.74) is -0.429. The first-order valence-electron chi connectivity index (χ1n) is 7.13. The smallest absolute Gasteiger partial charge is 0.307 e. The van der Waals surface area contributed by atoms with Crippen molar-refractivity contribution in [1.29, 1.82) is 0 Å². The molecule has 11 heteroatoms. The van der Waals surface area contributed by atoms with E-state index in [1.165, 1.54) is 6.07 Å². The van der Waals surface area contributed by atoms with Crippen molar-refractivity contribution < 1.29 is 33.1 Å². The van der Waals surface area contributed by atoms with Crippen molar-refractivity contribution in [2.45, 2.75) is 28.4 Å². The molecule has 1 saturated carbocycles. The van der Waals surface area contributed by atoms with Gasteiger partial charge in [-0.25, -0.2) is 8.42 Å². The molecule has 0 unspecified atom stereocenters. The van der Waals surface area contributed by atoms with Crippen LogP contribution in [0.4, 0.5) is 5.69 Å². The van der Waals surface area contributed by atoms with Crippen LogP contribution in [-0.2, 0) is 19.4 Å². The molecule has 0 heterocycles. The van der Waals surface area contributed by atoms with E-state index in [0.29, 0.717) is 0 Å². The lowest BCUT2D eigenvalue weighted by Crippen LogP contribution is -2.46. The maximum absolute atomic E-state index is 12.8. The second-order valence-electron chi connectivity index (χ2n) is 5.71. The van der Waals surface area contributed by atoms with Gasteiger partial charge in [0.15, 0.2) is 9.84 Å². The molecule has 4 atom stereocenters. The molecule has 1 aliphatic rings. The van der Waals surface area contributed by atoms with Crippen LogP contribution in [0.3, 0.4) is 0 Å². The number of nitro groups is 1. The number of alkyl halides is 1. The number of non-ortho nitro benzene ring substituents is 1. The van der Waals surface area contributed by atoms with Gasteiger partial charge in [-0.15, -0.1) is 11.6 Å². The molecule has 136 valence electrons. The van der Waals surface area contributed by atoms with E-state index >= 15 is 0 Å². The van der Waals surface area contributed by atoms with Gasteiger partial charge in [0, 0.05) is 12.1 Å². The summed E-state index contributed by atoms with van der Waals surface area (Å²) in [6, 6.07) is 4.35. The topological polar surface area (TPSA) is 152 Å². The van der Waals surface area contributed by atoms with Crippen molar-refractivity contribution in [2.24, 2.45) is 11.8 Å². The van der Waals surface area contributed by atoms with E-state index in [1.54, 1.807) is 0 Å². The Balaban J connectivity index is 2.42. The number of carboxylic acid groups (broad SMARTS) is 2. The van der Waals surface area contributed by atoms with Crippen LogP contribution in [0, 0.1) is 22.0 Å². The van der Waals surface area contributed by atoms with Gasteiger partial charge in [0.05, 0.1) is 32.3 Å². The van der Waals surface area contributed by atoms with Crippen LogP contribution in [0.2, 0.25) is 0 Å². The fourth-order valence-electron chi connectivity index (χ4n) is 2.94. The quantitative estimate of drug-likeness (QED) is 0.435. The average molecular weight is 392 g/mol. The summed E-state index contributed by atoms with van der Waals surface area (Å²) in [6.07, 6.45) is -0.807. The molecule has 0 aromatic heterocycles. The zero-order valence-electron chi connectivity index (χ0n) is 12.6. The minimum Gasteiger partial charge on any atom is -0.481 e. The molecule has 2 N–H and O–H groups in total. The molecule has 25 heavy (non-hydrogen) atoms. The summed E-state index contributed by atoms with van der Waals surface area (Å²) in [4.78, 5) is 32.3. The monoisotopic (exact) mass is 391 g/mol. The van der Waals surface area contributed by atoms with Crippen molar-refractivity contribution in [3.05, 3.63) is 34.4 Å². The standard InChI is InChI=1S/C14H14ClNO8S/c15-11-5-9(13(17)18)10(14(19)20)6-12(11)25(23,24)8-3-1-2-7(4-8)16(21)22/h1-4,9-12H,5-6H2,(H,17,18)(H,19,20)/t9-,10+,11-,12+/m0/s1. The number of carbonyl (C=O) groups is 2. The second kappa shape index (κ2) is 6.96. The van der Waals surface area contributed by atoms with Crippen LogP contribution in [0.5, 0.6) is 0 Å². The Morgan fingerprint density at radius 1 is 1.16 bits per heavy atom. The highest BCUT2D eigenvalue weighted by Crippen LogP contribution is 2.39. The molecule has 9 nitrogen and oxygen atoms in total. The van der Waals surface area contributed by atoms with Gasteiger partial charge in [-0.3, -0.25) is 19.7 Å². The molecule has 0 saturated heterocycles. The van der Waals surface area contributed by atoms with Gasteiger partial charge in [-0.1, -0.05) is 6.07 Å². The summed E-state index contributed by atoms with van der Waals surface area (Å²) < 4.78 is 25.5. The molecule has 2 rings (SSSR count). The lowest BCUT2D eigenvalue weighted by atomic mass is 9.79. The van der Waals surface area contributed by atoms with E-state index in [0.717, 1.165) is 18.2 Å². The number of hydrogen-bond donors (Lipinski definition) is 2. The average Bonchev–Trinajstić information content (AvgIpc) is 2.54. The Labute approximate surface area is 147 Å². The van der Waals surface area contributed by atoms with Crippen LogP contribution in [0.15, 0.2) is 29.2 Å². The minimum absolute atomic E-state index is 0.327. The first-order chi connectivity index (χ1) is 11.6. The predicted octanol–water partition coefficient (Wildman–Crippen LogP) is 1.54. The van der Waals surface area contributed by atoms with E-state index in [9.17, 15) is 33.2 Å². The van der Waals surface area contributed by atoms with Gasteiger partial charge < -0.3 is 10.2 Å². The molecule has 0 amide bonds. The fraction of sp³-hybridized carbons (Fsp3) is 0.429. The van der Waals surface area contributed by atoms with Crippen LogP contribution < -0.4 is 0 Å². The number of halogens is 1. The summed E-state index contributed by atoms with van der Waals surface area (Å²) in [5, 5.41) is 26.7. The highest BCUT2D eigenvalue weighted by Gasteiger charge is 2.48. The van der Waals surface area contributed by atoms with Gasteiger partial charge >= 0.3 is 11.9 Å². The van der Waals surface area contributed by atoms with E-state index in [1.807, 2.05) is 0 Å². The molecule has 0 radical (unpaired) electrons. The Kier molecular flexibility index (Phi) is 5.33. The SMILES string of the molecule is O=C(O)[C@H]1C[C@H](Cl)[C@H](S(=O)(=O)c2cccc([N+](=O)[O-])c2)C[C@H]1C(=O)O. The van der Waals surface area contributed by atoms with Crippen molar-refractivity contribution >= 4 is 39.1 Å². The molecule has 0 bridgehead atoms. The predicted molar refractivity (Wildman–Crippen MR) is 85.2 cm³/mol. The lowest BCUT2D eigenvalue weighted by Gasteiger charge is -2.34. The number of benzene rings is 1. The van der Waals surface area contributed by atoms with Crippen molar-refractivity contribution in [3.63, 3.8) is 0 Å². The molecule has 1 aromatic carbocycles. The normalized spacial score (nSPS) is 26.8. The number of nitro benzene ring substituents is 1. The highest BCUT2D eigenvalue weighted by molar-refractivity contribution is 7.92. The summed E-state index contributed by atoms with van der Waals surface area (Å²) >= 11 is 6.06. The summed E-state index contributed by atoms with van der Waals surface area (Å²) in [5.74, 6) is -5.48. The first-order valence-corrected chi connectivity index (χ1v) is 9.12. The number of sulfone groups is 1. The zero-order valence-corrected chi connectivity index (χ0v) is 14.2.